The summed E-state index contributed by atoms with van der Waals surface area (Å²) in [5.41, 5.74) is 1.01. The van der Waals surface area contributed by atoms with Crippen molar-refractivity contribution in [3.63, 3.8) is 0 Å². The average Bonchev–Trinajstić information content (AvgIpc) is 3.01. The topological polar surface area (TPSA) is 74.3 Å². The number of nitrogens with one attached hydrogen (secondary N) is 2. The van der Waals surface area contributed by atoms with E-state index in [9.17, 15) is 9.59 Å². The van der Waals surface area contributed by atoms with Gasteiger partial charge in [-0.1, -0.05) is 23.5 Å². The Kier molecular flexibility index (Phi) is 5.06. The molecule has 26 heavy (non-hydrogen) atoms. The van der Waals surface area contributed by atoms with E-state index in [1.54, 1.807) is 11.3 Å². The van der Waals surface area contributed by atoms with Gasteiger partial charge >= 0.3 is 0 Å². The molecule has 0 bridgehead atoms. The van der Waals surface area contributed by atoms with E-state index >= 15 is 0 Å². The van der Waals surface area contributed by atoms with Crippen LogP contribution in [0.15, 0.2) is 24.3 Å². The number of anilines is 1. The molecule has 0 radical (unpaired) electrons. The van der Waals surface area contributed by atoms with Crippen LogP contribution in [0.1, 0.15) is 32.1 Å². The van der Waals surface area contributed by atoms with Crippen LogP contribution < -0.4 is 15.5 Å². The Morgan fingerprint density at radius 3 is 3.00 bits per heavy atom. The number of nitrogens with zero attached hydrogens (tertiary/aromatic N) is 2. The molecule has 7 heteroatoms. The SMILES string of the molecule is O=C(N[C@H]1CCCCNC1=O)[C@H]1CCCN(c2nc3ccccc3s2)C1. The zero-order chi connectivity index (χ0) is 17.9. The first-order chi connectivity index (χ1) is 12.7. The highest BCUT2D eigenvalue weighted by molar-refractivity contribution is 7.22. The number of hydrogen-bond donors (Lipinski definition) is 2. The first kappa shape index (κ1) is 17.3. The quantitative estimate of drug-likeness (QED) is 0.867. The number of piperidine rings is 1. The summed E-state index contributed by atoms with van der Waals surface area (Å²) in [5.74, 6) is -0.139. The Morgan fingerprint density at radius 2 is 2.12 bits per heavy atom. The van der Waals surface area contributed by atoms with Gasteiger partial charge in [-0.3, -0.25) is 9.59 Å². The standard InChI is InChI=1S/C19H24N4O2S/c24-17(21-15-8-3-4-10-20-18(15)25)13-6-5-11-23(12-13)19-22-14-7-1-2-9-16(14)26-19/h1-2,7,9,13,15H,3-6,8,10-12H2,(H,20,25)(H,21,24)/t13-,15-/m0/s1. The van der Waals surface area contributed by atoms with Gasteiger partial charge in [0.05, 0.1) is 16.1 Å². The van der Waals surface area contributed by atoms with Crippen LogP contribution in [-0.2, 0) is 9.59 Å². The Bertz CT molecular complexity index is 773. The zero-order valence-electron chi connectivity index (χ0n) is 14.7. The molecule has 2 aliphatic heterocycles. The van der Waals surface area contributed by atoms with Crippen molar-refractivity contribution in [3.05, 3.63) is 24.3 Å². The van der Waals surface area contributed by atoms with E-state index in [-0.39, 0.29) is 23.8 Å². The monoisotopic (exact) mass is 372 g/mol. The van der Waals surface area contributed by atoms with Crippen LogP contribution >= 0.6 is 11.3 Å². The van der Waals surface area contributed by atoms with Gasteiger partial charge in [-0.2, -0.15) is 0 Å². The second-order valence-electron chi connectivity index (χ2n) is 7.10. The predicted octanol–water partition coefficient (Wildman–Crippen LogP) is 2.30. The van der Waals surface area contributed by atoms with E-state index in [1.807, 2.05) is 18.2 Å². The number of fused-ring (bicyclic) bond motifs is 1. The number of thiazole rings is 1. The summed E-state index contributed by atoms with van der Waals surface area (Å²) in [4.78, 5) is 31.7. The molecule has 2 aliphatic rings. The lowest BCUT2D eigenvalue weighted by atomic mass is 9.96. The van der Waals surface area contributed by atoms with Gasteiger partial charge in [-0.15, -0.1) is 0 Å². The average molecular weight is 372 g/mol. The Morgan fingerprint density at radius 1 is 1.23 bits per heavy atom. The van der Waals surface area contributed by atoms with Crippen LogP contribution in [-0.4, -0.2) is 42.5 Å². The number of carbonyl (C=O) groups excluding carboxylic acids is 2. The molecule has 2 fully saturated rings. The fourth-order valence-electron chi connectivity index (χ4n) is 3.73. The van der Waals surface area contributed by atoms with Gasteiger partial charge in [-0.25, -0.2) is 4.98 Å². The molecule has 0 spiro atoms. The Labute approximate surface area is 157 Å². The number of rotatable bonds is 3. The summed E-state index contributed by atoms with van der Waals surface area (Å²) in [7, 11) is 0. The third-order valence-corrected chi connectivity index (χ3v) is 6.29. The van der Waals surface area contributed by atoms with Crippen LogP contribution in [0, 0.1) is 5.92 Å². The molecule has 3 heterocycles. The molecule has 6 nitrogen and oxygen atoms in total. The largest absolute Gasteiger partial charge is 0.354 e. The highest BCUT2D eigenvalue weighted by Crippen LogP contribution is 2.31. The minimum absolute atomic E-state index is 0.00198. The van der Waals surface area contributed by atoms with Gasteiger partial charge < -0.3 is 15.5 Å². The second kappa shape index (κ2) is 7.61. The van der Waals surface area contributed by atoms with Crippen LogP contribution in [0.25, 0.3) is 10.2 Å². The molecular formula is C19H24N4O2S. The minimum atomic E-state index is -0.386. The lowest BCUT2D eigenvalue weighted by Gasteiger charge is -2.32. The molecule has 2 amide bonds. The maximum atomic E-state index is 12.7. The first-order valence-electron chi connectivity index (χ1n) is 9.39. The normalized spacial score (nSPS) is 24.2. The number of benzene rings is 1. The molecular weight excluding hydrogens is 348 g/mol. The van der Waals surface area contributed by atoms with E-state index in [0.717, 1.165) is 49.3 Å². The van der Waals surface area contributed by atoms with Gasteiger partial charge in [0.15, 0.2) is 5.13 Å². The van der Waals surface area contributed by atoms with Crippen molar-refractivity contribution in [2.45, 2.75) is 38.1 Å². The fourth-order valence-corrected chi connectivity index (χ4v) is 4.73. The summed E-state index contributed by atoms with van der Waals surface area (Å²) >= 11 is 1.68. The third-order valence-electron chi connectivity index (χ3n) is 5.20. The maximum absolute atomic E-state index is 12.7. The summed E-state index contributed by atoms with van der Waals surface area (Å²) in [6, 6.07) is 7.73. The summed E-state index contributed by atoms with van der Waals surface area (Å²) in [6.45, 7) is 2.30. The molecule has 2 saturated heterocycles. The van der Waals surface area contributed by atoms with E-state index in [1.165, 1.54) is 4.70 Å². The highest BCUT2D eigenvalue weighted by Gasteiger charge is 2.30. The molecule has 1 aromatic heterocycles. The van der Waals surface area contributed by atoms with Crippen molar-refractivity contribution >= 4 is 38.5 Å². The highest BCUT2D eigenvalue weighted by atomic mass is 32.1. The van der Waals surface area contributed by atoms with Crippen LogP contribution in [0.2, 0.25) is 0 Å². The smallest absolute Gasteiger partial charge is 0.242 e. The summed E-state index contributed by atoms with van der Waals surface area (Å²) in [5, 5.41) is 6.84. The number of aromatic nitrogens is 1. The van der Waals surface area contributed by atoms with Crippen molar-refractivity contribution in [2.75, 3.05) is 24.5 Å². The lowest BCUT2D eigenvalue weighted by Crippen LogP contribution is -2.50. The predicted molar refractivity (Wildman–Crippen MR) is 103 cm³/mol. The van der Waals surface area contributed by atoms with Gasteiger partial charge in [0.1, 0.15) is 6.04 Å². The molecule has 0 saturated carbocycles. The zero-order valence-corrected chi connectivity index (χ0v) is 15.6. The van der Waals surface area contributed by atoms with E-state index < -0.39 is 0 Å². The molecule has 0 unspecified atom stereocenters. The molecule has 2 aromatic rings. The van der Waals surface area contributed by atoms with Crippen LogP contribution in [0.4, 0.5) is 5.13 Å². The molecule has 138 valence electrons. The fraction of sp³-hybridized carbons (Fsp3) is 0.526. The minimum Gasteiger partial charge on any atom is -0.354 e. The van der Waals surface area contributed by atoms with E-state index in [4.69, 9.17) is 4.98 Å². The van der Waals surface area contributed by atoms with Gasteiger partial charge in [0.2, 0.25) is 11.8 Å². The number of amides is 2. The van der Waals surface area contributed by atoms with Crippen LogP contribution in [0.3, 0.4) is 0 Å². The number of para-hydroxylation sites is 1. The van der Waals surface area contributed by atoms with Gasteiger partial charge in [0.25, 0.3) is 0 Å². The molecule has 2 atom stereocenters. The van der Waals surface area contributed by atoms with Crippen molar-refractivity contribution in [3.8, 4) is 0 Å². The lowest BCUT2D eigenvalue weighted by molar-refractivity contribution is -0.131. The third kappa shape index (κ3) is 3.67. The summed E-state index contributed by atoms with van der Waals surface area (Å²) in [6.07, 6.45) is 4.50. The van der Waals surface area contributed by atoms with Crippen molar-refractivity contribution in [1.82, 2.24) is 15.6 Å². The number of carbonyl (C=O) groups is 2. The van der Waals surface area contributed by atoms with Crippen LogP contribution in [0.5, 0.6) is 0 Å². The van der Waals surface area contributed by atoms with E-state index in [2.05, 4.69) is 21.6 Å². The maximum Gasteiger partial charge on any atom is 0.242 e. The Hall–Kier alpha value is -2.15. The molecule has 0 aliphatic carbocycles. The van der Waals surface area contributed by atoms with Gasteiger partial charge in [-0.05, 0) is 44.2 Å². The molecule has 4 rings (SSSR count). The molecule has 1 aromatic carbocycles. The second-order valence-corrected chi connectivity index (χ2v) is 8.11. The van der Waals surface area contributed by atoms with Crippen molar-refractivity contribution in [1.29, 1.82) is 0 Å². The first-order valence-corrected chi connectivity index (χ1v) is 10.2. The van der Waals surface area contributed by atoms with E-state index in [0.29, 0.717) is 13.1 Å². The molecule has 2 N–H and O–H groups in total. The van der Waals surface area contributed by atoms with Crippen molar-refractivity contribution < 1.29 is 9.59 Å². The summed E-state index contributed by atoms with van der Waals surface area (Å²) < 4.78 is 1.17. The number of hydrogen-bond acceptors (Lipinski definition) is 5. The Balaban J connectivity index is 1.42. The van der Waals surface area contributed by atoms with Gasteiger partial charge in [0, 0.05) is 19.6 Å². The van der Waals surface area contributed by atoms with Crippen molar-refractivity contribution in [2.24, 2.45) is 5.92 Å².